The number of carboxylic acids is 3. The van der Waals surface area contributed by atoms with Crippen LogP contribution >= 0.6 is 0 Å². The molecule has 0 aromatic heterocycles. The third-order valence-electron chi connectivity index (χ3n) is 4.32. The summed E-state index contributed by atoms with van der Waals surface area (Å²) in [5.41, 5.74) is 5.30. The molecule has 0 aliphatic carbocycles. The van der Waals surface area contributed by atoms with Gasteiger partial charge in [-0.2, -0.15) is 0 Å². The predicted octanol–water partition coefficient (Wildman–Crippen LogP) is -2.67. The summed E-state index contributed by atoms with van der Waals surface area (Å²) in [5.74, 6) is -6.52. The standard InChI is InChI=1S/C16H24N4O9/c17-7-11(21)20-5-1-2-10(20)15(27)19-9(6-13(24)25)14(26)18-8(16(28)29)3-4-12(22)23/h8-10H,1-7,17H2,(H,18,26)(H,19,27)(H,22,23)(H,24,25)(H,28,29). The van der Waals surface area contributed by atoms with E-state index in [-0.39, 0.29) is 6.54 Å². The molecule has 0 bridgehead atoms. The number of carbonyl (C=O) groups excluding carboxylic acids is 3. The molecule has 1 aliphatic heterocycles. The minimum absolute atomic E-state index is 0.292. The second kappa shape index (κ2) is 10.9. The fourth-order valence-electron chi connectivity index (χ4n) is 2.90. The van der Waals surface area contributed by atoms with E-state index in [0.717, 1.165) is 0 Å². The second-order valence-corrected chi connectivity index (χ2v) is 6.44. The van der Waals surface area contributed by atoms with E-state index >= 15 is 0 Å². The van der Waals surface area contributed by atoms with Gasteiger partial charge in [0, 0.05) is 13.0 Å². The lowest BCUT2D eigenvalue weighted by Gasteiger charge is -2.26. The van der Waals surface area contributed by atoms with Crippen LogP contribution in [-0.4, -0.2) is 87.1 Å². The zero-order chi connectivity index (χ0) is 22.1. The summed E-state index contributed by atoms with van der Waals surface area (Å²) in [6.45, 7) is -0.0210. The van der Waals surface area contributed by atoms with Gasteiger partial charge in [-0.05, 0) is 19.3 Å². The number of nitrogens with one attached hydrogen (secondary N) is 2. The normalized spacial score (nSPS) is 17.8. The fourth-order valence-corrected chi connectivity index (χ4v) is 2.90. The molecule has 1 aliphatic rings. The highest BCUT2D eigenvalue weighted by molar-refractivity contribution is 5.95. The van der Waals surface area contributed by atoms with Crippen molar-refractivity contribution in [2.24, 2.45) is 5.73 Å². The van der Waals surface area contributed by atoms with Crippen molar-refractivity contribution in [1.82, 2.24) is 15.5 Å². The highest BCUT2D eigenvalue weighted by Crippen LogP contribution is 2.17. The summed E-state index contributed by atoms with van der Waals surface area (Å²) in [4.78, 5) is 70.8. The van der Waals surface area contributed by atoms with Gasteiger partial charge in [-0.25, -0.2) is 4.79 Å². The topological polar surface area (TPSA) is 216 Å². The van der Waals surface area contributed by atoms with E-state index in [1.807, 2.05) is 5.32 Å². The van der Waals surface area contributed by atoms with E-state index < -0.39 is 73.0 Å². The van der Waals surface area contributed by atoms with E-state index in [1.54, 1.807) is 0 Å². The average Bonchev–Trinajstić information content (AvgIpc) is 3.12. The van der Waals surface area contributed by atoms with Gasteiger partial charge in [0.15, 0.2) is 0 Å². The Hall–Kier alpha value is -3.22. The SMILES string of the molecule is NCC(=O)N1CCCC1C(=O)NC(CC(=O)O)C(=O)NC(CCC(=O)O)C(=O)O. The molecule has 3 atom stereocenters. The van der Waals surface area contributed by atoms with Crippen molar-refractivity contribution >= 4 is 35.6 Å². The van der Waals surface area contributed by atoms with Gasteiger partial charge in [-0.1, -0.05) is 0 Å². The first-order valence-electron chi connectivity index (χ1n) is 8.83. The Balaban J connectivity index is 2.86. The van der Waals surface area contributed by atoms with E-state index in [9.17, 15) is 28.8 Å². The van der Waals surface area contributed by atoms with Crippen LogP contribution in [0.2, 0.25) is 0 Å². The van der Waals surface area contributed by atoms with Crippen molar-refractivity contribution in [3.63, 3.8) is 0 Å². The second-order valence-electron chi connectivity index (χ2n) is 6.44. The summed E-state index contributed by atoms with van der Waals surface area (Å²) in [6, 6.07) is -4.10. The molecule has 0 aromatic carbocycles. The first-order chi connectivity index (χ1) is 13.6. The molecule has 7 N–H and O–H groups in total. The van der Waals surface area contributed by atoms with Crippen LogP contribution in [0.4, 0.5) is 0 Å². The van der Waals surface area contributed by atoms with Crippen molar-refractivity contribution in [3.8, 4) is 0 Å². The Morgan fingerprint density at radius 3 is 2.17 bits per heavy atom. The molecular formula is C16H24N4O9. The van der Waals surface area contributed by atoms with Crippen molar-refractivity contribution in [1.29, 1.82) is 0 Å². The third kappa shape index (κ3) is 7.37. The van der Waals surface area contributed by atoms with Gasteiger partial charge in [0.25, 0.3) is 0 Å². The number of hydrogen-bond donors (Lipinski definition) is 6. The summed E-state index contributed by atoms with van der Waals surface area (Å²) in [5, 5.41) is 31.0. The quantitative estimate of drug-likeness (QED) is 0.205. The molecule has 0 saturated carbocycles. The average molecular weight is 416 g/mol. The lowest BCUT2D eigenvalue weighted by molar-refractivity contribution is -0.144. The Morgan fingerprint density at radius 2 is 1.66 bits per heavy atom. The molecule has 13 heteroatoms. The molecule has 13 nitrogen and oxygen atoms in total. The number of likely N-dealkylation sites (tertiary alicyclic amines) is 1. The molecule has 29 heavy (non-hydrogen) atoms. The van der Waals surface area contributed by atoms with Gasteiger partial charge < -0.3 is 36.6 Å². The maximum absolute atomic E-state index is 12.5. The largest absolute Gasteiger partial charge is 0.481 e. The maximum Gasteiger partial charge on any atom is 0.326 e. The van der Waals surface area contributed by atoms with Gasteiger partial charge in [-0.3, -0.25) is 24.0 Å². The summed E-state index contributed by atoms with van der Waals surface area (Å²) < 4.78 is 0. The number of aliphatic carboxylic acids is 3. The monoisotopic (exact) mass is 416 g/mol. The van der Waals surface area contributed by atoms with E-state index in [0.29, 0.717) is 19.4 Å². The Labute approximate surface area is 165 Å². The molecule has 3 amide bonds. The number of nitrogens with zero attached hydrogens (tertiary/aromatic N) is 1. The van der Waals surface area contributed by atoms with Crippen molar-refractivity contribution in [2.75, 3.05) is 13.1 Å². The molecule has 1 heterocycles. The highest BCUT2D eigenvalue weighted by Gasteiger charge is 2.36. The zero-order valence-corrected chi connectivity index (χ0v) is 15.5. The molecule has 0 aromatic rings. The number of hydrogen-bond acceptors (Lipinski definition) is 7. The molecule has 3 unspecified atom stereocenters. The molecule has 0 radical (unpaired) electrons. The fraction of sp³-hybridized carbons (Fsp3) is 0.625. The van der Waals surface area contributed by atoms with Crippen LogP contribution in [0.15, 0.2) is 0 Å². The minimum atomic E-state index is -1.61. The molecular weight excluding hydrogens is 392 g/mol. The zero-order valence-electron chi connectivity index (χ0n) is 15.5. The molecule has 0 spiro atoms. The Morgan fingerprint density at radius 1 is 1.00 bits per heavy atom. The molecule has 1 rings (SSSR count). The van der Waals surface area contributed by atoms with Crippen LogP contribution < -0.4 is 16.4 Å². The van der Waals surface area contributed by atoms with Crippen LogP contribution in [0, 0.1) is 0 Å². The number of amides is 3. The van der Waals surface area contributed by atoms with Crippen LogP contribution in [-0.2, 0) is 28.8 Å². The maximum atomic E-state index is 12.5. The molecule has 162 valence electrons. The molecule has 1 saturated heterocycles. The Kier molecular flexibility index (Phi) is 8.99. The van der Waals surface area contributed by atoms with Gasteiger partial charge >= 0.3 is 17.9 Å². The number of carboxylic acid groups (broad SMARTS) is 3. The minimum Gasteiger partial charge on any atom is -0.481 e. The van der Waals surface area contributed by atoms with Crippen molar-refractivity contribution in [2.45, 2.75) is 50.2 Å². The van der Waals surface area contributed by atoms with E-state index in [2.05, 4.69) is 5.32 Å². The number of carbonyl (C=O) groups is 6. The summed E-state index contributed by atoms with van der Waals surface area (Å²) in [7, 11) is 0. The first kappa shape index (κ1) is 23.8. The van der Waals surface area contributed by atoms with Crippen LogP contribution in [0.3, 0.4) is 0 Å². The van der Waals surface area contributed by atoms with Crippen molar-refractivity contribution in [3.05, 3.63) is 0 Å². The third-order valence-corrected chi connectivity index (χ3v) is 4.32. The van der Waals surface area contributed by atoms with Gasteiger partial charge in [-0.15, -0.1) is 0 Å². The smallest absolute Gasteiger partial charge is 0.326 e. The van der Waals surface area contributed by atoms with E-state index in [1.165, 1.54) is 4.90 Å². The van der Waals surface area contributed by atoms with Crippen molar-refractivity contribution < 1.29 is 44.1 Å². The van der Waals surface area contributed by atoms with Crippen LogP contribution in [0.1, 0.15) is 32.1 Å². The summed E-state index contributed by atoms with van der Waals surface area (Å²) in [6.07, 6.45) is -0.970. The van der Waals surface area contributed by atoms with Crippen LogP contribution in [0.5, 0.6) is 0 Å². The Bertz CT molecular complexity index is 681. The van der Waals surface area contributed by atoms with Crippen LogP contribution in [0.25, 0.3) is 0 Å². The van der Waals surface area contributed by atoms with Gasteiger partial charge in [0.1, 0.15) is 18.1 Å². The highest BCUT2D eigenvalue weighted by atomic mass is 16.4. The number of nitrogens with two attached hydrogens (primary N) is 1. The predicted molar refractivity (Wildman–Crippen MR) is 94.4 cm³/mol. The van der Waals surface area contributed by atoms with Gasteiger partial charge in [0.05, 0.1) is 13.0 Å². The lowest BCUT2D eigenvalue weighted by Crippen LogP contribution is -2.56. The lowest BCUT2D eigenvalue weighted by atomic mass is 10.1. The van der Waals surface area contributed by atoms with E-state index in [4.69, 9.17) is 21.1 Å². The van der Waals surface area contributed by atoms with Gasteiger partial charge in [0.2, 0.25) is 17.7 Å². The first-order valence-corrected chi connectivity index (χ1v) is 8.83. The summed E-state index contributed by atoms with van der Waals surface area (Å²) >= 11 is 0. The molecule has 1 fully saturated rings. The number of rotatable bonds is 11.